The van der Waals surface area contributed by atoms with E-state index in [0.29, 0.717) is 19.5 Å². The molecule has 0 saturated carbocycles. The van der Waals surface area contributed by atoms with Crippen molar-refractivity contribution in [3.05, 3.63) is 22.5 Å². The van der Waals surface area contributed by atoms with Crippen LogP contribution in [0.1, 0.15) is 26.7 Å². The third-order valence-corrected chi connectivity index (χ3v) is 2.74. The third-order valence-electron chi connectivity index (χ3n) is 2.74. The Morgan fingerprint density at radius 2 is 2.30 bits per heavy atom. The van der Waals surface area contributed by atoms with E-state index in [1.165, 1.54) is 17.1 Å². The van der Waals surface area contributed by atoms with Gasteiger partial charge in [-0.25, -0.2) is 0 Å². The van der Waals surface area contributed by atoms with Gasteiger partial charge < -0.3 is 11.1 Å². The number of hydrogen-bond acceptors (Lipinski definition) is 5. The lowest BCUT2D eigenvalue weighted by Gasteiger charge is -2.22. The van der Waals surface area contributed by atoms with Crippen LogP contribution in [0.25, 0.3) is 0 Å². The quantitative estimate of drug-likeness (QED) is 0.572. The first-order valence-electron chi connectivity index (χ1n) is 6.11. The van der Waals surface area contributed by atoms with Crippen molar-refractivity contribution in [3.8, 4) is 0 Å². The second kappa shape index (κ2) is 7.81. The van der Waals surface area contributed by atoms with Crippen molar-refractivity contribution in [1.29, 1.82) is 0 Å². The minimum absolute atomic E-state index is 0. The van der Waals surface area contributed by atoms with Crippen LogP contribution in [0, 0.1) is 10.1 Å². The molecule has 8 nitrogen and oxygen atoms in total. The zero-order chi connectivity index (χ0) is 14.5. The standard InChI is InChI=1S/C11H19N5O3.ClH/c1-3-4-11(2,12)10(17)13-5-6-15-8-9(7-14-15)16(18)19;/h7-8H,3-6,12H2,1-2H3,(H,13,17);1H. The molecule has 1 amide bonds. The first-order chi connectivity index (χ1) is 8.86. The molecule has 0 radical (unpaired) electrons. The van der Waals surface area contributed by atoms with Gasteiger partial charge in [-0.3, -0.25) is 19.6 Å². The van der Waals surface area contributed by atoms with Crippen LogP contribution in [0.4, 0.5) is 5.69 Å². The molecular formula is C11H20ClN5O3. The van der Waals surface area contributed by atoms with Gasteiger partial charge in [0, 0.05) is 6.54 Å². The Hall–Kier alpha value is -1.67. The van der Waals surface area contributed by atoms with Gasteiger partial charge >= 0.3 is 5.69 Å². The van der Waals surface area contributed by atoms with Crippen molar-refractivity contribution < 1.29 is 9.72 Å². The second-order valence-corrected chi connectivity index (χ2v) is 4.64. The average molecular weight is 306 g/mol. The number of hydrogen-bond donors (Lipinski definition) is 2. The summed E-state index contributed by atoms with van der Waals surface area (Å²) in [5.41, 5.74) is 4.92. The zero-order valence-corrected chi connectivity index (χ0v) is 12.4. The summed E-state index contributed by atoms with van der Waals surface area (Å²) in [4.78, 5) is 21.7. The molecule has 1 unspecified atom stereocenters. The van der Waals surface area contributed by atoms with E-state index in [9.17, 15) is 14.9 Å². The summed E-state index contributed by atoms with van der Waals surface area (Å²) in [7, 11) is 0. The molecule has 1 atom stereocenters. The minimum Gasteiger partial charge on any atom is -0.353 e. The smallest absolute Gasteiger partial charge is 0.306 e. The molecule has 9 heteroatoms. The van der Waals surface area contributed by atoms with Crippen molar-refractivity contribution >= 4 is 24.0 Å². The lowest BCUT2D eigenvalue weighted by atomic mass is 9.97. The van der Waals surface area contributed by atoms with Crippen molar-refractivity contribution in [1.82, 2.24) is 15.1 Å². The van der Waals surface area contributed by atoms with Gasteiger partial charge in [0.15, 0.2) is 0 Å². The van der Waals surface area contributed by atoms with Gasteiger partial charge in [0.05, 0.1) is 17.0 Å². The van der Waals surface area contributed by atoms with Crippen LogP contribution in [-0.4, -0.2) is 32.7 Å². The van der Waals surface area contributed by atoms with Crippen LogP contribution in [-0.2, 0) is 11.3 Å². The van der Waals surface area contributed by atoms with Gasteiger partial charge in [-0.2, -0.15) is 5.10 Å². The SMILES string of the molecule is CCCC(C)(N)C(=O)NCCn1cc([N+](=O)[O-])cn1.Cl. The molecule has 1 rings (SSSR count). The summed E-state index contributed by atoms with van der Waals surface area (Å²) in [6.07, 6.45) is 3.92. The van der Waals surface area contributed by atoms with Gasteiger partial charge in [0.1, 0.15) is 12.4 Å². The molecule has 0 bridgehead atoms. The Balaban J connectivity index is 0.00000361. The zero-order valence-electron chi connectivity index (χ0n) is 11.5. The number of aromatic nitrogens is 2. The predicted molar refractivity (Wildman–Crippen MR) is 76.6 cm³/mol. The Labute approximate surface area is 123 Å². The fourth-order valence-electron chi connectivity index (χ4n) is 1.69. The Kier molecular flexibility index (Phi) is 7.16. The van der Waals surface area contributed by atoms with E-state index < -0.39 is 10.5 Å². The Morgan fingerprint density at radius 3 is 2.80 bits per heavy atom. The van der Waals surface area contributed by atoms with Crippen molar-refractivity contribution in [2.45, 2.75) is 38.8 Å². The number of carbonyl (C=O) groups excluding carboxylic acids is 1. The summed E-state index contributed by atoms with van der Waals surface area (Å²) in [5, 5.41) is 17.0. The molecule has 0 fully saturated rings. The van der Waals surface area contributed by atoms with Gasteiger partial charge in [-0.05, 0) is 13.3 Å². The highest BCUT2D eigenvalue weighted by Gasteiger charge is 2.26. The van der Waals surface area contributed by atoms with Crippen LogP contribution in [0.5, 0.6) is 0 Å². The second-order valence-electron chi connectivity index (χ2n) is 4.64. The van der Waals surface area contributed by atoms with Crippen molar-refractivity contribution in [2.24, 2.45) is 5.73 Å². The Bertz CT molecular complexity index is 461. The third kappa shape index (κ3) is 5.14. The molecular weight excluding hydrogens is 286 g/mol. The molecule has 0 saturated heterocycles. The van der Waals surface area contributed by atoms with Crippen LogP contribution >= 0.6 is 12.4 Å². The highest BCUT2D eigenvalue weighted by Crippen LogP contribution is 2.09. The van der Waals surface area contributed by atoms with E-state index in [-0.39, 0.29) is 24.0 Å². The van der Waals surface area contributed by atoms with Crippen LogP contribution in [0.3, 0.4) is 0 Å². The van der Waals surface area contributed by atoms with Gasteiger partial charge in [-0.1, -0.05) is 13.3 Å². The molecule has 1 aromatic rings. The summed E-state index contributed by atoms with van der Waals surface area (Å²) < 4.78 is 1.41. The first kappa shape index (κ1) is 18.3. The summed E-state index contributed by atoms with van der Waals surface area (Å²) in [6, 6.07) is 0. The fourth-order valence-corrected chi connectivity index (χ4v) is 1.69. The summed E-state index contributed by atoms with van der Waals surface area (Å²) in [6.45, 7) is 4.34. The fraction of sp³-hybridized carbons (Fsp3) is 0.636. The number of halogens is 1. The van der Waals surface area contributed by atoms with Crippen molar-refractivity contribution in [3.63, 3.8) is 0 Å². The van der Waals surface area contributed by atoms with E-state index in [1.807, 2.05) is 6.92 Å². The molecule has 0 aliphatic carbocycles. The topological polar surface area (TPSA) is 116 Å². The first-order valence-corrected chi connectivity index (χ1v) is 6.11. The number of rotatable bonds is 7. The summed E-state index contributed by atoms with van der Waals surface area (Å²) in [5.74, 6) is -0.226. The molecule has 0 aliphatic rings. The maximum Gasteiger partial charge on any atom is 0.306 e. The molecule has 114 valence electrons. The van der Waals surface area contributed by atoms with E-state index in [2.05, 4.69) is 10.4 Å². The lowest BCUT2D eigenvalue weighted by Crippen LogP contribution is -2.52. The monoisotopic (exact) mass is 305 g/mol. The van der Waals surface area contributed by atoms with Crippen LogP contribution in [0.2, 0.25) is 0 Å². The molecule has 1 aromatic heterocycles. The van der Waals surface area contributed by atoms with E-state index in [0.717, 1.165) is 6.42 Å². The number of nitro groups is 1. The number of amides is 1. The summed E-state index contributed by atoms with van der Waals surface area (Å²) >= 11 is 0. The number of nitrogens with one attached hydrogen (secondary N) is 1. The van der Waals surface area contributed by atoms with E-state index in [4.69, 9.17) is 5.73 Å². The highest BCUT2D eigenvalue weighted by molar-refractivity contribution is 5.85. The van der Waals surface area contributed by atoms with Crippen LogP contribution < -0.4 is 11.1 Å². The minimum atomic E-state index is -0.884. The lowest BCUT2D eigenvalue weighted by molar-refractivity contribution is -0.385. The number of carbonyl (C=O) groups is 1. The van der Waals surface area contributed by atoms with Crippen molar-refractivity contribution in [2.75, 3.05) is 6.54 Å². The predicted octanol–water partition coefficient (Wildman–Crippen LogP) is 0.847. The molecule has 20 heavy (non-hydrogen) atoms. The molecule has 0 spiro atoms. The van der Waals surface area contributed by atoms with Gasteiger partial charge in [-0.15, -0.1) is 12.4 Å². The average Bonchev–Trinajstić information content (AvgIpc) is 2.77. The maximum atomic E-state index is 11.8. The molecule has 0 aromatic carbocycles. The molecule has 3 N–H and O–H groups in total. The Morgan fingerprint density at radius 1 is 1.65 bits per heavy atom. The highest BCUT2D eigenvalue weighted by atomic mass is 35.5. The normalized spacial score (nSPS) is 13.2. The van der Waals surface area contributed by atoms with E-state index in [1.54, 1.807) is 6.92 Å². The van der Waals surface area contributed by atoms with Gasteiger partial charge in [0.25, 0.3) is 0 Å². The molecule has 1 heterocycles. The van der Waals surface area contributed by atoms with Gasteiger partial charge in [0.2, 0.25) is 5.91 Å². The number of nitrogens with two attached hydrogens (primary N) is 1. The largest absolute Gasteiger partial charge is 0.353 e. The van der Waals surface area contributed by atoms with E-state index >= 15 is 0 Å². The number of nitrogens with zero attached hydrogens (tertiary/aromatic N) is 3. The van der Waals surface area contributed by atoms with Crippen LogP contribution in [0.15, 0.2) is 12.4 Å². The maximum absolute atomic E-state index is 11.8. The molecule has 0 aliphatic heterocycles.